The highest BCUT2D eigenvalue weighted by atomic mass is 16.5. The van der Waals surface area contributed by atoms with E-state index in [1.54, 1.807) is 0 Å². The van der Waals surface area contributed by atoms with Crippen LogP contribution in [0, 0.1) is 0 Å². The standard InChI is InChI=1S/C19H21N3O3/c1-2-12-20-18(23)19(24)22-21-13-16-10-6-7-11-17(16)25-14-15-8-4-3-5-9-15/h3-11,13H,2,12,14H2,1H3,(H,20,23)(H,22,24)/b21-13-. The fraction of sp³-hybridized carbons (Fsp3) is 0.211. The number of nitrogens with zero attached hydrogens (tertiary/aromatic N) is 1. The molecule has 2 amide bonds. The maximum Gasteiger partial charge on any atom is 0.329 e. The Labute approximate surface area is 146 Å². The molecule has 0 aliphatic rings. The van der Waals surface area contributed by atoms with Crippen molar-refractivity contribution in [3.05, 3.63) is 65.7 Å². The predicted octanol–water partition coefficient (Wildman–Crippen LogP) is 2.24. The van der Waals surface area contributed by atoms with Crippen molar-refractivity contribution in [2.24, 2.45) is 5.10 Å². The number of para-hydroxylation sites is 1. The number of hydrazone groups is 1. The molecule has 6 heteroatoms. The minimum atomic E-state index is -0.799. The van der Waals surface area contributed by atoms with Crippen molar-refractivity contribution >= 4 is 18.0 Å². The minimum absolute atomic E-state index is 0.428. The minimum Gasteiger partial charge on any atom is -0.488 e. The van der Waals surface area contributed by atoms with Crippen LogP contribution in [0.25, 0.3) is 0 Å². The van der Waals surface area contributed by atoms with Gasteiger partial charge in [-0.25, -0.2) is 5.43 Å². The Morgan fingerprint density at radius 3 is 2.52 bits per heavy atom. The van der Waals surface area contributed by atoms with Gasteiger partial charge in [-0.3, -0.25) is 9.59 Å². The highest BCUT2D eigenvalue weighted by molar-refractivity contribution is 6.35. The third-order valence-electron chi connectivity index (χ3n) is 3.27. The molecule has 0 heterocycles. The van der Waals surface area contributed by atoms with Crippen molar-refractivity contribution in [1.29, 1.82) is 0 Å². The first kappa shape index (κ1) is 18.2. The van der Waals surface area contributed by atoms with E-state index in [4.69, 9.17) is 4.74 Å². The molecule has 0 aliphatic carbocycles. The third-order valence-corrected chi connectivity index (χ3v) is 3.27. The molecule has 0 aliphatic heterocycles. The van der Waals surface area contributed by atoms with Crippen molar-refractivity contribution in [2.45, 2.75) is 20.0 Å². The van der Waals surface area contributed by atoms with Gasteiger partial charge in [0.2, 0.25) is 0 Å². The monoisotopic (exact) mass is 339 g/mol. The van der Waals surface area contributed by atoms with Crippen LogP contribution in [0.3, 0.4) is 0 Å². The number of nitrogens with one attached hydrogen (secondary N) is 2. The normalized spacial score (nSPS) is 10.4. The van der Waals surface area contributed by atoms with Crippen LogP contribution in [0.1, 0.15) is 24.5 Å². The Kier molecular flexibility index (Phi) is 7.18. The summed E-state index contributed by atoms with van der Waals surface area (Å²) in [5.74, 6) is -0.861. The molecule has 0 fully saturated rings. The smallest absolute Gasteiger partial charge is 0.329 e. The summed E-state index contributed by atoms with van der Waals surface area (Å²) >= 11 is 0. The number of ether oxygens (including phenoxy) is 1. The zero-order valence-corrected chi connectivity index (χ0v) is 14.1. The second kappa shape index (κ2) is 9.87. The number of hydrogen-bond acceptors (Lipinski definition) is 4. The van der Waals surface area contributed by atoms with E-state index < -0.39 is 11.8 Å². The predicted molar refractivity (Wildman–Crippen MR) is 96.3 cm³/mol. The van der Waals surface area contributed by atoms with Gasteiger partial charge < -0.3 is 10.1 Å². The van der Waals surface area contributed by atoms with Crippen LogP contribution >= 0.6 is 0 Å². The van der Waals surface area contributed by atoms with Crippen molar-refractivity contribution < 1.29 is 14.3 Å². The Balaban J connectivity index is 1.93. The fourth-order valence-corrected chi connectivity index (χ4v) is 1.98. The van der Waals surface area contributed by atoms with E-state index in [1.807, 2.05) is 61.5 Å². The number of carbonyl (C=O) groups excluding carboxylic acids is 2. The molecule has 0 unspecified atom stereocenters. The summed E-state index contributed by atoms with van der Waals surface area (Å²) in [5.41, 5.74) is 3.96. The quantitative estimate of drug-likeness (QED) is 0.461. The highest BCUT2D eigenvalue weighted by Crippen LogP contribution is 2.17. The number of hydrogen-bond donors (Lipinski definition) is 2. The Morgan fingerprint density at radius 2 is 1.76 bits per heavy atom. The lowest BCUT2D eigenvalue weighted by Gasteiger charge is -2.09. The molecule has 0 atom stereocenters. The van der Waals surface area contributed by atoms with Gasteiger partial charge in [-0.15, -0.1) is 0 Å². The van der Waals surface area contributed by atoms with Crippen molar-refractivity contribution in [3.63, 3.8) is 0 Å². The lowest BCUT2D eigenvalue weighted by Crippen LogP contribution is -2.38. The molecule has 0 radical (unpaired) electrons. The van der Waals surface area contributed by atoms with Crippen LogP contribution in [0.2, 0.25) is 0 Å². The van der Waals surface area contributed by atoms with Gasteiger partial charge in [0.15, 0.2) is 0 Å². The van der Waals surface area contributed by atoms with E-state index in [2.05, 4.69) is 15.8 Å². The fourth-order valence-electron chi connectivity index (χ4n) is 1.98. The van der Waals surface area contributed by atoms with Gasteiger partial charge in [-0.2, -0.15) is 5.10 Å². The Bertz CT molecular complexity index is 730. The summed E-state index contributed by atoms with van der Waals surface area (Å²) < 4.78 is 5.80. The van der Waals surface area contributed by atoms with E-state index in [1.165, 1.54) is 6.21 Å². The molecule has 0 bridgehead atoms. The number of rotatable bonds is 7. The molecule has 130 valence electrons. The Hall–Kier alpha value is -3.15. The molecule has 0 aromatic heterocycles. The van der Waals surface area contributed by atoms with Gasteiger partial charge in [-0.05, 0) is 24.1 Å². The summed E-state index contributed by atoms with van der Waals surface area (Å²) in [5, 5.41) is 6.30. The van der Waals surface area contributed by atoms with Crippen LogP contribution in [-0.2, 0) is 16.2 Å². The van der Waals surface area contributed by atoms with Crippen LogP contribution in [0.15, 0.2) is 59.7 Å². The summed E-state index contributed by atoms with van der Waals surface area (Å²) in [6.07, 6.45) is 2.21. The van der Waals surface area contributed by atoms with Crippen LogP contribution in [0.5, 0.6) is 5.75 Å². The maximum atomic E-state index is 11.6. The van der Waals surface area contributed by atoms with Gasteiger partial charge in [0.05, 0.1) is 6.21 Å². The van der Waals surface area contributed by atoms with Crippen LogP contribution in [-0.4, -0.2) is 24.6 Å². The van der Waals surface area contributed by atoms with Crippen molar-refractivity contribution in [1.82, 2.24) is 10.7 Å². The molecule has 2 aromatic carbocycles. The average molecular weight is 339 g/mol. The lowest BCUT2D eigenvalue weighted by atomic mass is 10.2. The molecule has 0 saturated carbocycles. The first-order valence-electron chi connectivity index (χ1n) is 8.07. The SMILES string of the molecule is CCCNC(=O)C(=O)N/N=C\c1ccccc1OCc1ccccc1. The number of amides is 2. The van der Waals surface area contributed by atoms with Gasteiger partial charge in [0.1, 0.15) is 12.4 Å². The van der Waals surface area contributed by atoms with E-state index in [9.17, 15) is 9.59 Å². The zero-order valence-electron chi connectivity index (χ0n) is 14.1. The van der Waals surface area contributed by atoms with Gasteiger partial charge in [0.25, 0.3) is 0 Å². The summed E-state index contributed by atoms with van der Waals surface area (Å²) in [7, 11) is 0. The Morgan fingerprint density at radius 1 is 1.04 bits per heavy atom. The zero-order chi connectivity index (χ0) is 17.9. The van der Waals surface area contributed by atoms with Crippen LogP contribution < -0.4 is 15.5 Å². The molecule has 2 N–H and O–H groups in total. The highest BCUT2D eigenvalue weighted by Gasteiger charge is 2.11. The molecular formula is C19H21N3O3. The van der Waals surface area contributed by atoms with Crippen LogP contribution in [0.4, 0.5) is 0 Å². The van der Waals surface area contributed by atoms with Crippen molar-refractivity contribution in [3.8, 4) is 5.75 Å². The molecule has 6 nitrogen and oxygen atoms in total. The summed E-state index contributed by atoms with van der Waals surface area (Å²) in [6, 6.07) is 17.1. The van der Waals surface area contributed by atoms with E-state index >= 15 is 0 Å². The third kappa shape index (κ3) is 6.10. The second-order valence-corrected chi connectivity index (χ2v) is 5.27. The second-order valence-electron chi connectivity index (χ2n) is 5.27. The van der Waals surface area contributed by atoms with Crippen molar-refractivity contribution in [2.75, 3.05) is 6.54 Å². The summed E-state index contributed by atoms with van der Waals surface area (Å²) in [4.78, 5) is 23.0. The lowest BCUT2D eigenvalue weighted by molar-refractivity contribution is -0.139. The molecule has 2 aromatic rings. The largest absolute Gasteiger partial charge is 0.488 e. The van der Waals surface area contributed by atoms with E-state index in [0.717, 1.165) is 12.0 Å². The van der Waals surface area contributed by atoms with Gasteiger partial charge >= 0.3 is 11.8 Å². The number of benzene rings is 2. The first-order valence-corrected chi connectivity index (χ1v) is 8.07. The summed E-state index contributed by atoms with van der Waals surface area (Å²) in [6.45, 7) is 2.78. The van der Waals surface area contributed by atoms with Gasteiger partial charge in [-0.1, -0.05) is 49.4 Å². The molecule has 25 heavy (non-hydrogen) atoms. The molecule has 0 spiro atoms. The molecule has 2 rings (SSSR count). The van der Waals surface area contributed by atoms with E-state index in [0.29, 0.717) is 24.5 Å². The maximum absolute atomic E-state index is 11.6. The number of carbonyl (C=O) groups is 2. The average Bonchev–Trinajstić information content (AvgIpc) is 2.66. The topological polar surface area (TPSA) is 79.8 Å². The first-order chi connectivity index (χ1) is 12.2. The molecular weight excluding hydrogens is 318 g/mol. The van der Waals surface area contributed by atoms with Gasteiger partial charge in [0, 0.05) is 12.1 Å². The van der Waals surface area contributed by atoms with E-state index in [-0.39, 0.29) is 0 Å². The molecule has 0 saturated heterocycles.